The molecule has 0 aliphatic rings. The number of nitrogens with zero attached hydrogens (tertiary/aromatic N) is 1. The van der Waals surface area contributed by atoms with Crippen LogP contribution < -0.4 is 5.32 Å². The fourth-order valence-electron chi connectivity index (χ4n) is 2.06. The summed E-state index contributed by atoms with van der Waals surface area (Å²) in [6, 6.07) is 7.08. The zero-order chi connectivity index (χ0) is 20.0. The Morgan fingerprint density at radius 3 is 2.70 bits per heavy atom. The van der Waals surface area contributed by atoms with E-state index in [9.17, 15) is 14.0 Å². The van der Waals surface area contributed by atoms with Crippen molar-refractivity contribution in [1.29, 1.82) is 0 Å². The molecule has 5 nitrogen and oxygen atoms in total. The Balaban J connectivity index is 2.19. The van der Waals surface area contributed by atoms with Crippen molar-refractivity contribution in [3.05, 3.63) is 64.2 Å². The standard InChI is InChI=1S/C20H18ClFN2O3/c1-20(2,3)27-19(26)24-11-4-6-13-8-9-14(21)12-15(13)18(25)17-16(22)7-5-10-23-17/h5,7-10,12H,11H2,1-3H3,(H,24,26). The Morgan fingerprint density at radius 1 is 1.30 bits per heavy atom. The molecule has 7 heteroatoms. The van der Waals surface area contributed by atoms with Crippen LogP contribution in [-0.2, 0) is 4.74 Å². The highest BCUT2D eigenvalue weighted by Gasteiger charge is 2.18. The highest BCUT2D eigenvalue weighted by molar-refractivity contribution is 6.31. The molecule has 0 saturated carbocycles. The zero-order valence-corrected chi connectivity index (χ0v) is 15.9. The van der Waals surface area contributed by atoms with Crippen LogP contribution >= 0.6 is 11.6 Å². The van der Waals surface area contributed by atoms with Crippen molar-refractivity contribution in [2.24, 2.45) is 0 Å². The predicted molar refractivity (Wildman–Crippen MR) is 100 cm³/mol. The molecule has 0 aliphatic carbocycles. The summed E-state index contributed by atoms with van der Waals surface area (Å²) < 4.78 is 19.0. The number of halogens is 2. The van der Waals surface area contributed by atoms with Gasteiger partial charge in [0.05, 0.1) is 6.54 Å². The predicted octanol–water partition coefficient (Wildman–Crippen LogP) is 3.98. The molecule has 1 N–H and O–H groups in total. The maximum Gasteiger partial charge on any atom is 0.408 e. The Bertz CT molecular complexity index is 927. The molecule has 0 aliphatic heterocycles. The molecule has 0 unspecified atom stereocenters. The first-order valence-corrected chi connectivity index (χ1v) is 8.45. The van der Waals surface area contributed by atoms with E-state index in [-0.39, 0.29) is 17.8 Å². The fraction of sp³-hybridized carbons (Fsp3) is 0.250. The molecule has 27 heavy (non-hydrogen) atoms. The van der Waals surface area contributed by atoms with E-state index in [0.29, 0.717) is 10.6 Å². The van der Waals surface area contributed by atoms with Gasteiger partial charge in [-0.15, -0.1) is 0 Å². The molecule has 0 fully saturated rings. The molecule has 1 heterocycles. The van der Waals surface area contributed by atoms with E-state index in [4.69, 9.17) is 16.3 Å². The summed E-state index contributed by atoms with van der Waals surface area (Å²) in [5, 5.41) is 2.80. The second-order valence-electron chi connectivity index (χ2n) is 6.51. The van der Waals surface area contributed by atoms with Crippen LogP contribution in [0.2, 0.25) is 5.02 Å². The number of alkyl carbamates (subject to hydrolysis) is 1. The van der Waals surface area contributed by atoms with E-state index < -0.39 is 23.3 Å². The van der Waals surface area contributed by atoms with E-state index >= 15 is 0 Å². The highest BCUT2D eigenvalue weighted by Crippen LogP contribution is 2.19. The number of aromatic nitrogens is 1. The molecule has 2 aromatic rings. The van der Waals surface area contributed by atoms with Crippen LogP contribution in [0.25, 0.3) is 0 Å². The third kappa shape index (κ3) is 6.08. The van der Waals surface area contributed by atoms with E-state index in [1.54, 1.807) is 32.9 Å². The van der Waals surface area contributed by atoms with E-state index in [1.165, 1.54) is 18.3 Å². The Kier molecular flexibility index (Phi) is 6.54. The van der Waals surface area contributed by atoms with Crippen molar-refractivity contribution >= 4 is 23.5 Å². The van der Waals surface area contributed by atoms with Gasteiger partial charge >= 0.3 is 6.09 Å². The molecule has 1 aromatic heterocycles. The Morgan fingerprint density at radius 2 is 2.04 bits per heavy atom. The maximum atomic E-state index is 13.9. The van der Waals surface area contributed by atoms with Crippen LogP contribution in [0.1, 0.15) is 42.4 Å². The number of hydrogen-bond donors (Lipinski definition) is 1. The first-order chi connectivity index (χ1) is 12.7. The Hall–Kier alpha value is -2.91. The van der Waals surface area contributed by atoms with Crippen molar-refractivity contribution in [2.45, 2.75) is 26.4 Å². The number of ketones is 1. The molecule has 1 amide bonds. The minimum atomic E-state index is -0.729. The normalized spacial score (nSPS) is 10.6. The molecular formula is C20H18ClFN2O3. The smallest absolute Gasteiger partial charge is 0.408 e. The minimum absolute atomic E-state index is 0.0170. The van der Waals surface area contributed by atoms with Gasteiger partial charge in [-0.05, 0) is 51.1 Å². The summed E-state index contributed by atoms with van der Waals surface area (Å²) >= 11 is 5.96. The summed E-state index contributed by atoms with van der Waals surface area (Å²) in [4.78, 5) is 28.0. The van der Waals surface area contributed by atoms with Crippen molar-refractivity contribution in [1.82, 2.24) is 10.3 Å². The number of pyridine rings is 1. The number of ether oxygens (including phenoxy) is 1. The van der Waals surface area contributed by atoms with Gasteiger partial charge < -0.3 is 10.1 Å². The van der Waals surface area contributed by atoms with Crippen LogP contribution in [0.3, 0.4) is 0 Å². The first-order valence-electron chi connectivity index (χ1n) is 8.08. The average Bonchev–Trinajstić information content (AvgIpc) is 2.58. The van der Waals surface area contributed by atoms with Crippen molar-refractivity contribution in [2.75, 3.05) is 6.54 Å². The number of rotatable bonds is 3. The number of carbonyl (C=O) groups excluding carboxylic acids is 2. The number of hydrogen-bond acceptors (Lipinski definition) is 4. The van der Waals surface area contributed by atoms with Gasteiger partial charge in [0.15, 0.2) is 5.82 Å². The first kappa shape index (κ1) is 20.4. The lowest BCUT2D eigenvalue weighted by atomic mass is 10.0. The summed E-state index contributed by atoms with van der Waals surface area (Å²) in [6.07, 6.45) is 0.733. The topological polar surface area (TPSA) is 68.3 Å². The molecule has 0 radical (unpaired) electrons. The lowest BCUT2D eigenvalue weighted by Crippen LogP contribution is -2.32. The van der Waals surface area contributed by atoms with Gasteiger partial charge in [-0.1, -0.05) is 23.4 Å². The van der Waals surface area contributed by atoms with Crippen LogP contribution in [0.4, 0.5) is 9.18 Å². The fourth-order valence-corrected chi connectivity index (χ4v) is 2.24. The van der Waals surface area contributed by atoms with Gasteiger partial charge in [-0.3, -0.25) is 4.79 Å². The summed E-state index contributed by atoms with van der Waals surface area (Å²) in [7, 11) is 0. The van der Waals surface area contributed by atoms with Crippen molar-refractivity contribution in [3.63, 3.8) is 0 Å². The van der Waals surface area contributed by atoms with Gasteiger partial charge in [-0.2, -0.15) is 0 Å². The van der Waals surface area contributed by atoms with Crippen LogP contribution in [-0.4, -0.2) is 29.0 Å². The Labute approximate surface area is 161 Å². The average molecular weight is 389 g/mol. The van der Waals surface area contributed by atoms with Gasteiger partial charge in [0.1, 0.15) is 11.3 Å². The van der Waals surface area contributed by atoms with E-state index in [2.05, 4.69) is 22.1 Å². The summed E-state index contributed by atoms with van der Waals surface area (Å²) in [5.41, 5.74) is -0.444. The molecule has 0 atom stereocenters. The quantitative estimate of drug-likeness (QED) is 0.637. The van der Waals surface area contributed by atoms with E-state index in [1.807, 2.05) is 0 Å². The molecule has 140 valence electrons. The van der Waals surface area contributed by atoms with E-state index in [0.717, 1.165) is 6.07 Å². The van der Waals surface area contributed by atoms with Gasteiger partial charge in [0, 0.05) is 22.3 Å². The third-order valence-electron chi connectivity index (χ3n) is 3.14. The van der Waals surface area contributed by atoms with Gasteiger partial charge in [0.2, 0.25) is 5.78 Å². The number of benzene rings is 1. The molecule has 0 spiro atoms. The second-order valence-corrected chi connectivity index (χ2v) is 6.95. The molecule has 0 saturated heterocycles. The third-order valence-corrected chi connectivity index (χ3v) is 3.38. The summed E-state index contributed by atoms with van der Waals surface area (Å²) in [5.74, 6) is 4.15. The summed E-state index contributed by atoms with van der Waals surface area (Å²) in [6.45, 7) is 5.27. The lowest BCUT2D eigenvalue weighted by Gasteiger charge is -2.19. The van der Waals surface area contributed by atoms with Crippen molar-refractivity contribution in [3.8, 4) is 11.8 Å². The monoisotopic (exact) mass is 388 g/mol. The molecule has 2 rings (SSSR count). The van der Waals surface area contributed by atoms with Crippen LogP contribution in [0.5, 0.6) is 0 Å². The van der Waals surface area contributed by atoms with Crippen molar-refractivity contribution < 1.29 is 18.7 Å². The molecule has 1 aromatic carbocycles. The van der Waals surface area contributed by atoms with Crippen LogP contribution in [0, 0.1) is 17.7 Å². The highest BCUT2D eigenvalue weighted by atomic mass is 35.5. The molecule has 0 bridgehead atoms. The maximum absolute atomic E-state index is 13.9. The zero-order valence-electron chi connectivity index (χ0n) is 15.1. The number of carbonyl (C=O) groups is 2. The second kappa shape index (κ2) is 8.65. The largest absolute Gasteiger partial charge is 0.444 e. The van der Waals surface area contributed by atoms with Gasteiger partial charge in [-0.25, -0.2) is 14.2 Å². The van der Waals surface area contributed by atoms with Crippen LogP contribution in [0.15, 0.2) is 36.5 Å². The van der Waals surface area contributed by atoms with Gasteiger partial charge in [0.25, 0.3) is 0 Å². The SMILES string of the molecule is CC(C)(C)OC(=O)NCC#Cc1ccc(Cl)cc1C(=O)c1ncccc1F. The minimum Gasteiger partial charge on any atom is -0.444 e. The number of nitrogens with one attached hydrogen (secondary N) is 1. The lowest BCUT2D eigenvalue weighted by molar-refractivity contribution is 0.0535. The molecular weight excluding hydrogens is 371 g/mol. The number of amides is 1.